The molecule has 2 N–H and O–H groups in total. The molecule has 8 nitrogen and oxygen atoms in total. The van der Waals surface area contributed by atoms with Gasteiger partial charge in [0.05, 0.1) is 12.3 Å². The van der Waals surface area contributed by atoms with Gasteiger partial charge in [0.25, 0.3) is 11.8 Å². The molecular weight excluding hydrogens is 350 g/mol. The van der Waals surface area contributed by atoms with Gasteiger partial charge in [-0.1, -0.05) is 19.0 Å². The van der Waals surface area contributed by atoms with Gasteiger partial charge in [0.15, 0.2) is 11.9 Å². The first-order valence-electron chi connectivity index (χ1n) is 8.79. The summed E-state index contributed by atoms with van der Waals surface area (Å²) >= 11 is 0. The number of carbonyl (C=O) groups excluding carboxylic acids is 2. The van der Waals surface area contributed by atoms with Crippen LogP contribution < -0.4 is 20.3 Å². The Hall–Kier alpha value is -3.03. The molecule has 2 amide bonds. The normalized spacial score (nSPS) is 11.8. The number of ether oxygens (including phenoxy) is 2. The lowest BCUT2D eigenvalue weighted by atomic mass is 10.1. The summed E-state index contributed by atoms with van der Waals surface area (Å²) in [5.41, 5.74) is 5.52. The Labute approximate surface area is 158 Å². The number of hydrogen-bond acceptors (Lipinski definition) is 6. The van der Waals surface area contributed by atoms with Gasteiger partial charge < -0.3 is 14.0 Å². The van der Waals surface area contributed by atoms with Gasteiger partial charge >= 0.3 is 0 Å². The SMILES string of the molecule is CCOc1ccc(O[C@H](C)C(=O)NNC(=O)c2c(C)noc2C(C)C)cc1. The lowest BCUT2D eigenvalue weighted by Gasteiger charge is -2.15. The lowest BCUT2D eigenvalue weighted by molar-refractivity contribution is -0.128. The summed E-state index contributed by atoms with van der Waals surface area (Å²) in [5, 5.41) is 3.81. The minimum absolute atomic E-state index is 0.00966. The number of aromatic nitrogens is 1. The van der Waals surface area contributed by atoms with Gasteiger partial charge in [-0.05, 0) is 45.0 Å². The summed E-state index contributed by atoms with van der Waals surface area (Å²) in [6, 6.07) is 6.94. The van der Waals surface area contributed by atoms with Crippen molar-refractivity contribution < 1.29 is 23.6 Å². The number of amides is 2. The fourth-order valence-corrected chi connectivity index (χ4v) is 2.38. The number of nitrogens with one attached hydrogen (secondary N) is 2. The van der Waals surface area contributed by atoms with Crippen LogP contribution in [0.15, 0.2) is 28.8 Å². The van der Waals surface area contributed by atoms with Crippen LogP contribution in [-0.2, 0) is 4.79 Å². The number of aryl methyl sites for hydroxylation is 1. The monoisotopic (exact) mass is 375 g/mol. The van der Waals surface area contributed by atoms with E-state index < -0.39 is 17.9 Å². The molecular formula is C19H25N3O5. The van der Waals surface area contributed by atoms with Gasteiger partial charge in [0.1, 0.15) is 17.1 Å². The molecule has 1 aromatic heterocycles. The molecule has 0 aliphatic heterocycles. The van der Waals surface area contributed by atoms with Crippen LogP contribution in [0.2, 0.25) is 0 Å². The Kier molecular flexibility index (Phi) is 6.81. The zero-order valence-electron chi connectivity index (χ0n) is 16.2. The third kappa shape index (κ3) is 5.22. The summed E-state index contributed by atoms with van der Waals surface area (Å²) in [6.45, 7) is 9.51. The Morgan fingerprint density at radius 2 is 1.74 bits per heavy atom. The first kappa shape index (κ1) is 20.3. The molecule has 0 radical (unpaired) electrons. The second kappa shape index (κ2) is 9.07. The minimum atomic E-state index is -0.809. The molecule has 146 valence electrons. The largest absolute Gasteiger partial charge is 0.494 e. The lowest BCUT2D eigenvalue weighted by Crippen LogP contribution is -2.47. The van der Waals surface area contributed by atoms with Crippen molar-refractivity contribution >= 4 is 11.8 Å². The Morgan fingerprint density at radius 1 is 1.11 bits per heavy atom. The van der Waals surface area contributed by atoms with E-state index >= 15 is 0 Å². The number of hydrogen-bond donors (Lipinski definition) is 2. The first-order valence-corrected chi connectivity index (χ1v) is 8.79. The fourth-order valence-electron chi connectivity index (χ4n) is 2.38. The maximum atomic E-state index is 12.4. The van der Waals surface area contributed by atoms with Crippen LogP contribution in [0.5, 0.6) is 11.5 Å². The second-order valence-corrected chi connectivity index (χ2v) is 6.27. The summed E-state index contributed by atoms with van der Waals surface area (Å²) in [5.74, 6) is 0.725. The molecule has 1 heterocycles. The highest BCUT2D eigenvalue weighted by Crippen LogP contribution is 2.22. The van der Waals surface area contributed by atoms with Crippen molar-refractivity contribution in [1.82, 2.24) is 16.0 Å². The number of carbonyl (C=O) groups is 2. The Bertz CT molecular complexity index is 783. The second-order valence-electron chi connectivity index (χ2n) is 6.27. The fraction of sp³-hybridized carbons (Fsp3) is 0.421. The van der Waals surface area contributed by atoms with E-state index in [9.17, 15) is 9.59 Å². The molecule has 2 rings (SSSR count). The maximum absolute atomic E-state index is 12.4. The average molecular weight is 375 g/mol. The van der Waals surface area contributed by atoms with Gasteiger partial charge in [-0.2, -0.15) is 0 Å². The summed E-state index contributed by atoms with van der Waals surface area (Å²) in [7, 11) is 0. The van der Waals surface area contributed by atoms with Crippen molar-refractivity contribution in [2.45, 2.75) is 46.6 Å². The van der Waals surface area contributed by atoms with Gasteiger partial charge in [-0.15, -0.1) is 0 Å². The molecule has 2 aromatic rings. The molecule has 8 heteroatoms. The van der Waals surface area contributed by atoms with Crippen LogP contribution in [-0.4, -0.2) is 29.7 Å². The Balaban J connectivity index is 1.91. The molecule has 0 fully saturated rings. The van der Waals surface area contributed by atoms with Crippen LogP contribution in [0, 0.1) is 6.92 Å². The topological polar surface area (TPSA) is 103 Å². The summed E-state index contributed by atoms with van der Waals surface area (Å²) < 4.78 is 16.1. The molecule has 1 aromatic carbocycles. The van der Waals surface area contributed by atoms with E-state index in [1.54, 1.807) is 38.1 Å². The third-order valence-corrected chi connectivity index (χ3v) is 3.76. The smallest absolute Gasteiger partial charge is 0.279 e. The van der Waals surface area contributed by atoms with E-state index in [0.717, 1.165) is 5.75 Å². The summed E-state index contributed by atoms with van der Waals surface area (Å²) in [6.07, 6.45) is -0.809. The van der Waals surface area contributed by atoms with Crippen LogP contribution in [0.4, 0.5) is 0 Å². The minimum Gasteiger partial charge on any atom is -0.494 e. The van der Waals surface area contributed by atoms with Gasteiger partial charge in [0.2, 0.25) is 0 Å². The van der Waals surface area contributed by atoms with E-state index in [1.807, 2.05) is 20.8 Å². The van der Waals surface area contributed by atoms with E-state index in [0.29, 0.717) is 29.4 Å². The zero-order chi connectivity index (χ0) is 20.0. The quantitative estimate of drug-likeness (QED) is 0.722. The van der Waals surface area contributed by atoms with Crippen molar-refractivity contribution in [2.24, 2.45) is 0 Å². The molecule has 0 unspecified atom stereocenters. The van der Waals surface area contributed by atoms with E-state index in [-0.39, 0.29) is 5.92 Å². The summed E-state index contributed by atoms with van der Waals surface area (Å²) in [4.78, 5) is 24.5. The molecule has 0 bridgehead atoms. The highest BCUT2D eigenvalue weighted by Gasteiger charge is 2.23. The number of nitrogens with zero attached hydrogens (tertiary/aromatic N) is 1. The van der Waals surface area contributed by atoms with Crippen molar-refractivity contribution in [3.05, 3.63) is 41.3 Å². The van der Waals surface area contributed by atoms with Gasteiger partial charge in [-0.3, -0.25) is 20.4 Å². The third-order valence-electron chi connectivity index (χ3n) is 3.76. The highest BCUT2D eigenvalue weighted by molar-refractivity contribution is 5.97. The molecule has 27 heavy (non-hydrogen) atoms. The molecule has 1 atom stereocenters. The van der Waals surface area contributed by atoms with Crippen LogP contribution in [0.25, 0.3) is 0 Å². The highest BCUT2D eigenvalue weighted by atomic mass is 16.5. The van der Waals surface area contributed by atoms with E-state index in [4.69, 9.17) is 14.0 Å². The number of rotatable bonds is 7. The van der Waals surface area contributed by atoms with Crippen molar-refractivity contribution in [3.63, 3.8) is 0 Å². The van der Waals surface area contributed by atoms with Gasteiger partial charge in [-0.25, -0.2) is 0 Å². The predicted octanol–water partition coefficient (Wildman–Crippen LogP) is 2.73. The van der Waals surface area contributed by atoms with E-state index in [2.05, 4.69) is 16.0 Å². The van der Waals surface area contributed by atoms with Crippen LogP contribution >= 0.6 is 0 Å². The van der Waals surface area contributed by atoms with E-state index in [1.165, 1.54) is 0 Å². The molecule has 0 aliphatic carbocycles. The predicted molar refractivity (Wildman–Crippen MR) is 98.6 cm³/mol. The first-order chi connectivity index (χ1) is 12.8. The van der Waals surface area contributed by atoms with Crippen molar-refractivity contribution in [2.75, 3.05) is 6.61 Å². The average Bonchev–Trinajstić information content (AvgIpc) is 3.03. The molecule has 0 aliphatic rings. The molecule has 0 spiro atoms. The zero-order valence-corrected chi connectivity index (χ0v) is 16.2. The van der Waals surface area contributed by atoms with Crippen LogP contribution in [0.1, 0.15) is 55.4 Å². The van der Waals surface area contributed by atoms with Gasteiger partial charge in [0, 0.05) is 5.92 Å². The Morgan fingerprint density at radius 3 is 2.33 bits per heavy atom. The maximum Gasteiger partial charge on any atom is 0.279 e. The standard InChI is InChI=1S/C19H25N3O5/c1-6-25-14-7-9-15(10-8-14)26-13(5)18(23)20-21-19(24)16-12(4)22-27-17(16)11(2)3/h7-11,13H,6H2,1-5H3,(H,20,23)(H,21,24)/t13-/m1/s1. The van der Waals surface area contributed by atoms with Crippen molar-refractivity contribution in [1.29, 1.82) is 0 Å². The van der Waals surface area contributed by atoms with Crippen LogP contribution in [0.3, 0.4) is 0 Å². The molecule has 0 saturated heterocycles. The number of benzene rings is 1. The number of hydrazine groups is 1. The van der Waals surface area contributed by atoms with Crippen molar-refractivity contribution in [3.8, 4) is 11.5 Å². The molecule has 0 saturated carbocycles.